The zero-order chi connectivity index (χ0) is 4.28. The number of amidine groups is 1. The van der Waals surface area contributed by atoms with Crippen molar-refractivity contribution in [3.05, 3.63) is 0 Å². The van der Waals surface area contributed by atoms with Gasteiger partial charge in [0.15, 0.2) is 0 Å². The summed E-state index contributed by atoms with van der Waals surface area (Å²) in [4.78, 5) is 0. The summed E-state index contributed by atoms with van der Waals surface area (Å²) in [7, 11) is 0. The van der Waals surface area contributed by atoms with Crippen molar-refractivity contribution < 1.29 is 10.4 Å². The topological polar surface area (TPSA) is 60.2 Å². The van der Waals surface area contributed by atoms with Crippen LogP contribution in [0.1, 0.15) is 6.92 Å². The molecule has 0 heterocycles. The molecule has 5 heavy (non-hydrogen) atoms. The van der Waals surface area contributed by atoms with Crippen LogP contribution in [0.2, 0.25) is 0 Å². The van der Waals surface area contributed by atoms with Gasteiger partial charge in [0.1, 0.15) is 0 Å². The van der Waals surface area contributed by atoms with Crippen LogP contribution in [0, 0.1) is 0 Å². The minimum atomic E-state index is 0.310. The molecule has 0 saturated heterocycles. The third-order valence-corrected chi connectivity index (χ3v) is 0.176. The first-order valence-corrected chi connectivity index (χ1v) is 1.26. The van der Waals surface area contributed by atoms with Gasteiger partial charge in [0.2, 0.25) is 0 Å². The third-order valence-electron chi connectivity index (χ3n) is 0.176. The van der Waals surface area contributed by atoms with E-state index in [1.807, 2.05) is 0 Å². The minimum absolute atomic E-state index is 0.310. The Labute approximate surface area is 30.1 Å². The van der Waals surface area contributed by atoms with Gasteiger partial charge in [-0.15, -0.1) is 0 Å². The molecule has 0 aromatic carbocycles. The Kier molecular flexibility index (Phi) is 1.35. The predicted molar refractivity (Wildman–Crippen MR) is 17.6 cm³/mol. The minimum Gasteiger partial charge on any atom is -0.357 e. The number of nitrogens with one attached hydrogen (secondary N) is 1. The fourth-order valence-electron chi connectivity index (χ4n) is 0. The van der Waals surface area contributed by atoms with Gasteiger partial charge in [0.05, 0.1) is 0 Å². The zero-order valence-electron chi connectivity index (χ0n) is 3.02. The molecular weight excluding hydrogens is 68.0 g/mol. The van der Waals surface area contributed by atoms with Gasteiger partial charge in [-0.25, -0.2) is 0 Å². The molecule has 0 atom stereocenters. The Balaban J connectivity index is 3.14. The first-order chi connectivity index (χ1) is 2.27. The van der Waals surface area contributed by atoms with Crippen LogP contribution < -0.4 is 10.9 Å². The summed E-state index contributed by atoms with van der Waals surface area (Å²) in [5.74, 6) is 0.310. The van der Waals surface area contributed by atoms with Crippen LogP contribution in [-0.4, -0.2) is 11.0 Å². The van der Waals surface area contributed by atoms with Gasteiger partial charge in [-0.05, 0) is 0 Å². The van der Waals surface area contributed by atoms with E-state index in [1.165, 1.54) is 0 Å². The number of rotatable bonds is 0. The molecule has 4 N–H and O–H groups in total. The highest BCUT2D eigenvalue weighted by atomic mass is 16.4. The van der Waals surface area contributed by atoms with Gasteiger partial charge in [0, 0.05) is 6.92 Å². The lowest BCUT2D eigenvalue weighted by molar-refractivity contribution is -0.738. The van der Waals surface area contributed by atoms with Gasteiger partial charge < -0.3 is 5.21 Å². The molecule has 30 valence electrons. The Hall–Kier alpha value is -0.730. The van der Waals surface area contributed by atoms with Crippen molar-refractivity contribution in [2.75, 3.05) is 0 Å². The Morgan fingerprint density at radius 1 is 2.00 bits per heavy atom. The smallest absolute Gasteiger partial charge is 0.275 e. The van der Waals surface area contributed by atoms with E-state index < -0.39 is 0 Å². The molecule has 0 rings (SSSR count). The molecule has 3 heteroatoms. The molecule has 0 spiro atoms. The first kappa shape index (κ1) is 4.27. The van der Waals surface area contributed by atoms with Crippen LogP contribution in [-0.2, 0) is 0 Å². The second-order valence-corrected chi connectivity index (χ2v) is 0.795. The SMILES string of the molecule is C/C(N)=[NH+]/O. The van der Waals surface area contributed by atoms with Crippen LogP contribution in [0.25, 0.3) is 0 Å². The average molecular weight is 75.1 g/mol. The van der Waals surface area contributed by atoms with Gasteiger partial charge >= 0.3 is 0 Å². The zero-order valence-corrected chi connectivity index (χ0v) is 3.02. The fraction of sp³-hybridized carbons (Fsp3) is 0.500. The second kappa shape index (κ2) is 1.58. The summed E-state index contributed by atoms with van der Waals surface area (Å²) in [6, 6.07) is 0. The Morgan fingerprint density at radius 2 is 2.20 bits per heavy atom. The highest BCUT2D eigenvalue weighted by Crippen LogP contribution is 1.26. The van der Waals surface area contributed by atoms with Crippen molar-refractivity contribution in [1.82, 2.24) is 0 Å². The summed E-state index contributed by atoms with van der Waals surface area (Å²) in [5, 5.41) is 9.45. The van der Waals surface area contributed by atoms with Crippen LogP contribution in [0.4, 0.5) is 0 Å². The van der Waals surface area contributed by atoms with Crippen LogP contribution >= 0.6 is 0 Å². The van der Waals surface area contributed by atoms with Gasteiger partial charge in [0.25, 0.3) is 5.84 Å². The Morgan fingerprint density at radius 3 is 2.20 bits per heavy atom. The van der Waals surface area contributed by atoms with E-state index in [0.29, 0.717) is 5.84 Å². The molecular formula is C2H7N2O+. The summed E-state index contributed by atoms with van der Waals surface area (Å²) < 4.78 is 0. The molecule has 0 amide bonds. The molecule has 0 bridgehead atoms. The monoisotopic (exact) mass is 75.1 g/mol. The average Bonchev–Trinajstić information content (AvgIpc) is 1.38. The summed E-state index contributed by atoms with van der Waals surface area (Å²) >= 11 is 0. The van der Waals surface area contributed by atoms with E-state index in [2.05, 4.69) is 0 Å². The van der Waals surface area contributed by atoms with E-state index in [4.69, 9.17) is 10.9 Å². The first-order valence-electron chi connectivity index (χ1n) is 1.26. The van der Waals surface area contributed by atoms with E-state index in [1.54, 1.807) is 12.1 Å². The molecule has 0 aliphatic carbocycles. The van der Waals surface area contributed by atoms with E-state index in [9.17, 15) is 0 Å². The van der Waals surface area contributed by atoms with Crippen molar-refractivity contribution in [2.45, 2.75) is 6.92 Å². The number of hydrogen-bond acceptors (Lipinski definition) is 1. The van der Waals surface area contributed by atoms with E-state index in [-0.39, 0.29) is 0 Å². The van der Waals surface area contributed by atoms with Gasteiger partial charge in [-0.3, -0.25) is 5.73 Å². The largest absolute Gasteiger partial charge is 0.357 e. The van der Waals surface area contributed by atoms with Crippen LogP contribution in [0.15, 0.2) is 0 Å². The maximum absolute atomic E-state index is 7.73. The quantitative estimate of drug-likeness (QED) is 0.133. The maximum Gasteiger partial charge on any atom is 0.275 e. The third kappa shape index (κ3) is 3.27. The summed E-state index contributed by atoms with van der Waals surface area (Å²) in [6.07, 6.45) is 0. The maximum atomic E-state index is 7.73. The van der Waals surface area contributed by atoms with Gasteiger partial charge in [-0.2, -0.15) is 0 Å². The van der Waals surface area contributed by atoms with Crippen molar-refractivity contribution >= 4 is 5.84 Å². The molecule has 3 nitrogen and oxygen atoms in total. The predicted octanol–water partition coefficient (Wildman–Crippen LogP) is -2.17. The lowest BCUT2D eigenvalue weighted by Crippen LogP contribution is -2.70. The molecule has 0 aromatic heterocycles. The molecule has 0 unspecified atom stereocenters. The van der Waals surface area contributed by atoms with Gasteiger partial charge in [-0.1, -0.05) is 5.16 Å². The van der Waals surface area contributed by atoms with Crippen molar-refractivity contribution in [1.29, 1.82) is 0 Å². The Bertz CT molecular complexity index is 45.6. The van der Waals surface area contributed by atoms with E-state index >= 15 is 0 Å². The summed E-state index contributed by atoms with van der Waals surface area (Å²) in [5.41, 5.74) is 4.85. The normalized spacial score (nSPS) is 11.8. The lowest BCUT2D eigenvalue weighted by atomic mass is 10.7. The molecule has 0 radical (unpaired) electrons. The van der Waals surface area contributed by atoms with Crippen molar-refractivity contribution in [2.24, 2.45) is 5.73 Å². The highest BCUT2D eigenvalue weighted by Gasteiger charge is 1.73. The van der Waals surface area contributed by atoms with Crippen LogP contribution in [0.5, 0.6) is 0 Å². The molecule has 0 saturated carbocycles. The molecule has 0 aliphatic heterocycles. The number of hydrogen-bond donors (Lipinski definition) is 3. The second-order valence-electron chi connectivity index (χ2n) is 0.795. The summed E-state index contributed by atoms with van der Waals surface area (Å²) in [6.45, 7) is 1.56. The molecule has 0 fully saturated rings. The molecule has 0 aliphatic rings. The standard InChI is InChI=1S/C2H6N2O/c1-2(3)4-5/h5H,1H3,(H2,3,4)/p+1. The lowest BCUT2D eigenvalue weighted by Gasteiger charge is -1.66. The molecule has 0 aromatic rings. The fourth-order valence-corrected chi connectivity index (χ4v) is 0. The van der Waals surface area contributed by atoms with Crippen molar-refractivity contribution in [3.8, 4) is 0 Å². The highest BCUT2D eigenvalue weighted by molar-refractivity contribution is 5.70. The van der Waals surface area contributed by atoms with E-state index in [0.717, 1.165) is 0 Å². The van der Waals surface area contributed by atoms with Crippen LogP contribution in [0.3, 0.4) is 0 Å². The number of nitrogens with two attached hydrogens (primary N) is 1. The van der Waals surface area contributed by atoms with Crippen molar-refractivity contribution in [3.63, 3.8) is 0 Å².